The summed E-state index contributed by atoms with van der Waals surface area (Å²) in [6.45, 7) is 0.675. The summed E-state index contributed by atoms with van der Waals surface area (Å²) >= 11 is 0. The molecule has 32 heavy (non-hydrogen) atoms. The Morgan fingerprint density at radius 1 is 1.16 bits per heavy atom. The average molecular weight is 453 g/mol. The normalized spacial score (nSPS) is 18.7. The van der Waals surface area contributed by atoms with Crippen LogP contribution in [0, 0.1) is 5.82 Å². The van der Waals surface area contributed by atoms with Crippen LogP contribution in [0.2, 0.25) is 0 Å². The summed E-state index contributed by atoms with van der Waals surface area (Å²) < 4.78 is 59.1. The zero-order valence-corrected chi connectivity index (χ0v) is 17.8. The number of nitrogens with one attached hydrogen (secondary N) is 1. The lowest BCUT2D eigenvalue weighted by molar-refractivity contribution is -0.140. The molecule has 0 heterocycles. The van der Waals surface area contributed by atoms with E-state index >= 15 is 0 Å². The number of benzene rings is 2. The molecule has 1 fully saturated rings. The van der Waals surface area contributed by atoms with Crippen LogP contribution in [-0.4, -0.2) is 30.8 Å². The van der Waals surface area contributed by atoms with Crippen LogP contribution in [0.5, 0.6) is 5.75 Å². The van der Waals surface area contributed by atoms with E-state index in [2.05, 4.69) is 5.32 Å². The molecule has 0 radical (unpaired) electrons. The molecule has 174 valence electrons. The molecule has 1 aliphatic carbocycles. The van der Waals surface area contributed by atoms with Crippen LogP contribution >= 0.6 is 0 Å². The number of hydrogen-bond acceptors (Lipinski definition) is 3. The van der Waals surface area contributed by atoms with Gasteiger partial charge in [0.15, 0.2) is 11.6 Å². The number of ether oxygens (including phenoxy) is 1. The maximum Gasteiger partial charge on any atom is 0.416 e. The third-order valence-electron chi connectivity index (χ3n) is 6.01. The zero-order chi connectivity index (χ0) is 23.3. The molecule has 0 aliphatic heterocycles. The first-order valence-corrected chi connectivity index (χ1v) is 10.6. The molecule has 2 atom stereocenters. The number of carboxylic acids is 1. The van der Waals surface area contributed by atoms with E-state index in [1.165, 1.54) is 25.3 Å². The highest BCUT2D eigenvalue weighted by Gasteiger charge is 2.35. The van der Waals surface area contributed by atoms with E-state index in [0.717, 1.165) is 24.8 Å². The van der Waals surface area contributed by atoms with E-state index in [1.807, 2.05) is 0 Å². The molecule has 1 saturated carbocycles. The molecule has 8 heteroatoms. The summed E-state index contributed by atoms with van der Waals surface area (Å²) in [5.74, 6) is -1.30. The first-order chi connectivity index (χ1) is 15.2. The molecule has 0 bridgehead atoms. The van der Waals surface area contributed by atoms with E-state index in [4.69, 9.17) is 9.84 Å². The van der Waals surface area contributed by atoms with Gasteiger partial charge in [-0.25, -0.2) is 4.39 Å². The Balaban J connectivity index is 1.59. The molecule has 1 unspecified atom stereocenters. The van der Waals surface area contributed by atoms with Gasteiger partial charge < -0.3 is 15.2 Å². The summed E-state index contributed by atoms with van der Waals surface area (Å²) in [4.78, 5) is 10.8. The molecule has 2 aromatic carbocycles. The van der Waals surface area contributed by atoms with Crippen LogP contribution in [0.4, 0.5) is 17.6 Å². The summed E-state index contributed by atoms with van der Waals surface area (Å²) in [5.41, 5.74) is 0.866. The summed E-state index contributed by atoms with van der Waals surface area (Å²) in [6.07, 6.45) is -1.93. The van der Waals surface area contributed by atoms with E-state index in [1.54, 1.807) is 18.2 Å². The van der Waals surface area contributed by atoms with Gasteiger partial charge in [0.2, 0.25) is 0 Å². The summed E-state index contributed by atoms with van der Waals surface area (Å²) in [7, 11) is 1.42. The van der Waals surface area contributed by atoms with Gasteiger partial charge >= 0.3 is 12.1 Å². The molecular weight excluding hydrogens is 426 g/mol. The minimum Gasteiger partial charge on any atom is -0.494 e. The Labute approximate surface area is 184 Å². The fraction of sp³-hybridized carbons (Fsp3) is 0.458. The number of methoxy groups -OCH3 is 1. The van der Waals surface area contributed by atoms with Crippen molar-refractivity contribution in [1.82, 2.24) is 5.32 Å². The minimum atomic E-state index is -4.52. The van der Waals surface area contributed by atoms with Crippen molar-refractivity contribution in [2.24, 2.45) is 0 Å². The predicted molar refractivity (Wildman–Crippen MR) is 112 cm³/mol. The lowest BCUT2D eigenvalue weighted by atomic mass is 9.92. The average Bonchev–Trinajstić information content (AvgIpc) is 3.21. The van der Waals surface area contributed by atoms with Gasteiger partial charge in [0, 0.05) is 12.5 Å². The third-order valence-corrected chi connectivity index (χ3v) is 6.01. The highest BCUT2D eigenvalue weighted by Crippen LogP contribution is 2.39. The molecule has 4 nitrogen and oxygen atoms in total. The van der Waals surface area contributed by atoms with Crippen molar-refractivity contribution in [1.29, 1.82) is 0 Å². The lowest BCUT2D eigenvalue weighted by Gasteiger charge is -2.18. The Bertz CT molecular complexity index is 945. The van der Waals surface area contributed by atoms with Crippen LogP contribution in [0.25, 0.3) is 0 Å². The summed E-state index contributed by atoms with van der Waals surface area (Å²) in [5, 5.41) is 12.2. The van der Waals surface area contributed by atoms with Gasteiger partial charge in [-0.2, -0.15) is 13.2 Å². The molecule has 0 amide bonds. The zero-order valence-electron chi connectivity index (χ0n) is 17.8. The number of hydrogen-bond donors (Lipinski definition) is 2. The number of rotatable bonds is 9. The van der Waals surface area contributed by atoms with Crippen molar-refractivity contribution < 1.29 is 32.2 Å². The van der Waals surface area contributed by atoms with Gasteiger partial charge in [-0.15, -0.1) is 0 Å². The smallest absolute Gasteiger partial charge is 0.416 e. The largest absolute Gasteiger partial charge is 0.494 e. The molecule has 0 aromatic heterocycles. The standard InChI is InChI=1S/C24H27F4NO3/c1-32-22-12-15(2-8-21(22)25)10-11-29-19-7-5-17(13-19)18-4-3-16(6-9-23(30)31)20(14-18)24(26,27)28/h2-4,8,12,14,17,19,29H,5-7,9-11,13H2,1H3,(H,30,31)/t17-,19?/m1/s1. The van der Waals surface area contributed by atoms with Crippen molar-refractivity contribution >= 4 is 5.97 Å². The van der Waals surface area contributed by atoms with Gasteiger partial charge in [0.05, 0.1) is 12.7 Å². The summed E-state index contributed by atoms with van der Waals surface area (Å²) in [6, 6.07) is 9.25. The van der Waals surface area contributed by atoms with Crippen molar-refractivity contribution in [2.75, 3.05) is 13.7 Å². The van der Waals surface area contributed by atoms with Gasteiger partial charge in [-0.05, 0) is 79.5 Å². The topological polar surface area (TPSA) is 58.6 Å². The highest BCUT2D eigenvalue weighted by atomic mass is 19.4. The Hall–Kier alpha value is -2.61. The van der Waals surface area contributed by atoms with E-state index < -0.39 is 23.5 Å². The third kappa shape index (κ3) is 6.22. The monoisotopic (exact) mass is 453 g/mol. The van der Waals surface area contributed by atoms with Crippen molar-refractivity contribution in [3.63, 3.8) is 0 Å². The molecular formula is C24H27F4NO3. The second-order valence-electron chi connectivity index (χ2n) is 8.19. The van der Waals surface area contributed by atoms with Gasteiger partial charge in [-0.1, -0.05) is 18.2 Å². The molecule has 2 N–H and O–H groups in total. The highest BCUT2D eigenvalue weighted by molar-refractivity contribution is 5.67. The minimum absolute atomic E-state index is 0.0195. The maximum absolute atomic E-state index is 13.5. The Morgan fingerprint density at radius 3 is 2.62 bits per heavy atom. The van der Waals surface area contributed by atoms with Gasteiger partial charge in [0.25, 0.3) is 0 Å². The predicted octanol–water partition coefficient (Wildman–Crippen LogP) is 5.34. The van der Waals surface area contributed by atoms with Crippen LogP contribution in [0.15, 0.2) is 36.4 Å². The quantitative estimate of drug-likeness (QED) is 0.504. The van der Waals surface area contributed by atoms with E-state index in [9.17, 15) is 22.4 Å². The maximum atomic E-state index is 13.5. The van der Waals surface area contributed by atoms with E-state index in [0.29, 0.717) is 18.5 Å². The van der Waals surface area contributed by atoms with E-state index in [-0.39, 0.29) is 36.1 Å². The molecule has 0 spiro atoms. The first-order valence-electron chi connectivity index (χ1n) is 10.6. The molecule has 2 aromatic rings. The van der Waals surface area contributed by atoms with Crippen LogP contribution < -0.4 is 10.1 Å². The number of carbonyl (C=O) groups is 1. The Kier molecular flexibility index (Phi) is 7.77. The fourth-order valence-corrected chi connectivity index (χ4v) is 4.32. The molecule has 1 aliphatic rings. The number of halogens is 4. The number of aliphatic carboxylic acids is 1. The van der Waals surface area contributed by atoms with Crippen LogP contribution in [0.3, 0.4) is 0 Å². The lowest BCUT2D eigenvalue weighted by Crippen LogP contribution is -2.28. The van der Waals surface area contributed by atoms with Crippen LogP contribution in [0.1, 0.15) is 53.9 Å². The van der Waals surface area contributed by atoms with Gasteiger partial charge in [-0.3, -0.25) is 4.79 Å². The van der Waals surface area contributed by atoms with Crippen LogP contribution in [-0.2, 0) is 23.8 Å². The number of carboxylic acid groups (broad SMARTS) is 1. The SMILES string of the molecule is COc1cc(CCNC2CC[C@@H](c3ccc(CCC(=O)O)c(C(F)(F)F)c3)C2)ccc1F. The van der Waals surface area contributed by atoms with Crippen molar-refractivity contribution in [2.45, 2.75) is 56.7 Å². The van der Waals surface area contributed by atoms with Crippen molar-refractivity contribution in [3.05, 3.63) is 64.5 Å². The van der Waals surface area contributed by atoms with Crippen molar-refractivity contribution in [3.8, 4) is 5.75 Å². The van der Waals surface area contributed by atoms with Gasteiger partial charge in [0.1, 0.15) is 0 Å². The molecule has 0 saturated heterocycles. The fourth-order valence-electron chi connectivity index (χ4n) is 4.32. The Morgan fingerprint density at radius 2 is 1.94 bits per heavy atom. The number of aryl methyl sites for hydroxylation is 1. The molecule has 3 rings (SSSR count). The second-order valence-corrected chi connectivity index (χ2v) is 8.19. The number of alkyl halides is 3. The second kappa shape index (κ2) is 10.3. The first kappa shape index (κ1) is 24.0.